The summed E-state index contributed by atoms with van der Waals surface area (Å²) in [5.74, 6) is 3.81. The Kier molecular flexibility index (Phi) is 4.97. The van der Waals surface area contributed by atoms with E-state index in [1.807, 2.05) is 0 Å². The van der Waals surface area contributed by atoms with Gasteiger partial charge in [0.05, 0.1) is 0 Å². The van der Waals surface area contributed by atoms with Gasteiger partial charge >= 0.3 is 0 Å². The van der Waals surface area contributed by atoms with Crippen LogP contribution in [0.1, 0.15) is 47.5 Å². The minimum atomic E-state index is 0.610. The van der Waals surface area contributed by atoms with Crippen LogP contribution in [0.3, 0.4) is 0 Å². The van der Waals surface area contributed by atoms with Gasteiger partial charge < -0.3 is 0 Å². The quantitative estimate of drug-likeness (QED) is 0.531. The zero-order chi connectivity index (χ0) is 12.5. The van der Waals surface area contributed by atoms with Gasteiger partial charge in [0, 0.05) is 5.25 Å². The zero-order valence-corrected chi connectivity index (χ0v) is 12.4. The van der Waals surface area contributed by atoms with Crippen LogP contribution in [0.5, 0.6) is 0 Å². The summed E-state index contributed by atoms with van der Waals surface area (Å²) in [6, 6.07) is 0. The summed E-state index contributed by atoms with van der Waals surface area (Å²) < 4.78 is 0. The van der Waals surface area contributed by atoms with E-state index in [0.717, 1.165) is 23.7 Å². The third-order valence-corrected chi connectivity index (χ3v) is 5.88. The predicted molar refractivity (Wildman–Crippen MR) is 77.0 cm³/mol. The van der Waals surface area contributed by atoms with Crippen molar-refractivity contribution in [2.24, 2.45) is 29.6 Å². The van der Waals surface area contributed by atoms with Crippen LogP contribution in [-0.2, 0) is 0 Å². The Morgan fingerprint density at radius 1 is 1.19 bits per heavy atom. The smallest absolute Gasteiger partial charge is 0.00452 e. The van der Waals surface area contributed by atoms with E-state index in [2.05, 4.69) is 41.2 Å². The van der Waals surface area contributed by atoms with Crippen molar-refractivity contribution >= 4 is 12.6 Å². The summed E-state index contributed by atoms with van der Waals surface area (Å²) in [5.41, 5.74) is 1.33. The van der Waals surface area contributed by atoms with E-state index in [9.17, 15) is 0 Å². The molecule has 0 heterocycles. The van der Waals surface area contributed by atoms with Gasteiger partial charge in [-0.05, 0) is 49.4 Å². The van der Waals surface area contributed by atoms with Gasteiger partial charge in [-0.15, -0.1) is 0 Å². The van der Waals surface area contributed by atoms with Gasteiger partial charge in [0.2, 0.25) is 0 Å². The maximum absolute atomic E-state index is 4.70. The average Bonchev–Trinajstić information content (AvgIpc) is 2.24. The predicted octanol–water partition coefficient (Wildman–Crippen LogP) is 4.82. The molecule has 0 aliphatic heterocycles. The minimum absolute atomic E-state index is 0.610. The lowest BCUT2D eigenvalue weighted by molar-refractivity contribution is 0.116. The summed E-state index contributed by atoms with van der Waals surface area (Å²) in [7, 11) is 0. The first-order valence-electron chi connectivity index (χ1n) is 6.69. The Balaban J connectivity index is 2.70. The molecular formula is C15H28S. The molecule has 1 aliphatic rings. The Bertz CT molecular complexity index is 246. The van der Waals surface area contributed by atoms with Crippen LogP contribution >= 0.6 is 12.6 Å². The molecule has 0 aromatic rings. The van der Waals surface area contributed by atoms with E-state index in [4.69, 9.17) is 12.6 Å². The number of hydrogen-bond donors (Lipinski definition) is 1. The molecule has 0 saturated heterocycles. The van der Waals surface area contributed by atoms with Gasteiger partial charge in [0.25, 0.3) is 0 Å². The molecule has 1 saturated carbocycles. The molecule has 1 rings (SSSR count). The highest BCUT2D eigenvalue weighted by molar-refractivity contribution is 7.81. The SMILES string of the molecule is C=C(C)C(C)C(C)C1CCC(S)C(C)C1C. The third-order valence-electron chi connectivity index (χ3n) is 5.15. The molecule has 0 aromatic carbocycles. The van der Waals surface area contributed by atoms with Crippen molar-refractivity contribution in [1.29, 1.82) is 0 Å². The van der Waals surface area contributed by atoms with Crippen molar-refractivity contribution in [3.8, 4) is 0 Å². The number of rotatable bonds is 3. The number of hydrogen-bond acceptors (Lipinski definition) is 1. The Hall–Kier alpha value is 0.0900. The normalized spacial score (nSPS) is 39.1. The molecule has 0 radical (unpaired) electrons. The summed E-state index contributed by atoms with van der Waals surface area (Å²) >= 11 is 4.70. The van der Waals surface area contributed by atoms with Gasteiger partial charge in [-0.2, -0.15) is 12.6 Å². The van der Waals surface area contributed by atoms with E-state index in [1.165, 1.54) is 18.4 Å². The molecule has 0 amide bonds. The van der Waals surface area contributed by atoms with Crippen molar-refractivity contribution in [1.82, 2.24) is 0 Å². The number of allylic oxidation sites excluding steroid dienone is 1. The summed E-state index contributed by atoms with van der Waals surface area (Å²) in [6.07, 6.45) is 2.63. The molecule has 0 aromatic heterocycles. The van der Waals surface area contributed by atoms with Crippen LogP contribution in [0, 0.1) is 29.6 Å². The van der Waals surface area contributed by atoms with Gasteiger partial charge in [-0.3, -0.25) is 0 Å². The van der Waals surface area contributed by atoms with E-state index in [1.54, 1.807) is 0 Å². The molecule has 0 bridgehead atoms. The largest absolute Gasteiger partial charge is 0.176 e. The molecule has 16 heavy (non-hydrogen) atoms. The van der Waals surface area contributed by atoms with Crippen LogP contribution < -0.4 is 0 Å². The molecule has 1 fully saturated rings. The zero-order valence-electron chi connectivity index (χ0n) is 11.5. The molecule has 1 aliphatic carbocycles. The summed E-state index contributed by atoms with van der Waals surface area (Å²) in [6.45, 7) is 15.8. The molecule has 0 N–H and O–H groups in total. The van der Waals surface area contributed by atoms with Crippen molar-refractivity contribution in [3.05, 3.63) is 12.2 Å². The molecule has 1 heteroatoms. The van der Waals surface area contributed by atoms with Gasteiger partial charge in [0.15, 0.2) is 0 Å². The highest BCUT2D eigenvalue weighted by Gasteiger charge is 2.36. The van der Waals surface area contributed by atoms with Crippen LogP contribution in [-0.4, -0.2) is 5.25 Å². The van der Waals surface area contributed by atoms with Gasteiger partial charge in [-0.1, -0.05) is 39.8 Å². The van der Waals surface area contributed by atoms with E-state index in [0.29, 0.717) is 11.2 Å². The summed E-state index contributed by atoms with van der Waals surface area (Å²) in [5, 5.41) is 0.610. The first-order chi connectivity index (χ1) is 7.36. The molecule has 94 valence electrons. The van der Waals surface area contributed by atoms with E-state index >= 15 is 0 Å². The Morgan fingerprint density at radius 3 is 2.25 bits per heavy atom. The van der Waals surface area contributed by atoms with E-state index < -0.39 is 0 Å². The Labute approximate surface area is 107 Å². The maximum Gasteiger partial charge on any atom is 0.00452 e. The average molecular weight is 240 g/mol. The van der Waals surface area contributed by atoms with Gasteiger partial charge in [-0.25, -0.2) is 0 Å². The van der Waals surface area contributed by atoms with Crippen LogP contribution in [0.15, 0.2) is 12.2 Å². The second-order valence-corrected chi connectivity index (χ2v) is 6.68. The second kappa shape index (κ2) is 5.62. The van der Waals surface area contributed by atoms with Crippen LogP contribution in [0.4, 0.5) is 0 Å². The lowest BCUT2D eigenvalue weighted by atomic mass is 9.65. The van der Waals surface area contributed by atoms with Crippen LogP contribution in [0.2, 0.25) is 0 Å². The van der Waals surface area contributed by atoms with Crippen LogP contribution in [0.25, 0.3) is 0 Å². The fourth-order valence-corrected chi connectivity index (χ4v) is 3.61. The monoisotopic (exact) mass is 240 g/mol. The standard InChI is InChI=1S/C15H28S/c1-9(2)10(3)11(4)14-7-8-15(16)13(6)12(14)5/h10-16H,1,7-8H2,2-6H3. The number of thiol groups is 1. The maximum atomic E-state index is 4.70. The molecule has 6 unspecified atom stereocenters. The van der Waals surface area contributed by atoms with E-state index in [-0.39, 0.29) is 0 Å². The Morgan fingerprint density at radius 2 is 1.75 bits per heavy atom. The first kappa shape index (κ1) is 14.2. The van der Waals surface area contributed by atoms with Crippen molar-refractivity contribution in [2.45, 2.75) is 52.7 Å². The topological polar surface area (TPSA) is 0 Å². The third kappa shape index (κ3) is 2.85. The van der Waals surface area contributed by atoms with Crippen molar-refractivity contribution in [2.75, 3.05) is 0 Å². The highest BCUT2D eigenvalue weighted by atomic mass is 32.1. The molecule has 0 nitrogen and oxygen atoms in total. The fraction of sp³-hybridized carbons (Fsp3) is 0.867. The molecular weight excluding hydrogens is 212 g/mol. The first-order valence-corrected chi connectivity index (χ1v) is 7.21. The molecule has 0 spiro atoms. The molecule has 6 atom stereocenters. The van der Waals surface area contributed by atoms with Crippen molar-refractivity contribution < 1.29 is 0 Å². The summed E-state index contributed by atoms with van der Waals surface area (Å²) in [4.78, 5) is 0. The lowest BCUT2D eigenvalue weighted by Gasteiger charge is -2.42. The van der Waals surface area contributed by atoms with Crippen molar-refractivity contribution in [3.63, 3.8) is 0 Å². The minimum Gasteiger partial charge on any atom is -0.176 e. The van der Waals surface area contributed by atoms with Gasteiger partial charge in [0.1, 0.15) is 0 Å². The second-order valence-electron chi connectivity index (χ2n) is 6.02. The fourth-order valence-electron chi connectivity index (χ4n) is 3.19. The lowest BCUT2D eigenvalue weighted by Crippen LogP contribution is -2.37. The highest BCUT2D eigenvalue weighted by Crippen LogP contribution is 2.43.